The summed E-state index contributed by atoms with van der Waals surface area (Å²) in [5, 5.41) is 0. The molecule has 16 heavy (non-hydrogen) atoms. The van der Waals surface area contributed by atoms with Gasteiger partial charge in [0.25, 0.3) is 0 Å². The molecule has 2 aromatic rings. The van der Waals surface area contributed by atoms with Crippen molar-refractivity contribution >= 4 is 0 Å². The molecule has 0 saturated heterocycles. The van der Waals surface area contributed by atoms with E-state index in [-0.39, 0.29) is 0 Å². The first-order chi connectivity index (χ1) is 7.58. The molecule has 2 nitrogen and oxygen atoms in total. The number of pyridine rings is 2. The lowest BCUT2D eigenvalue weighted by Gasteiger charge is -2.06. The molecular formula is C14H16N2. The van der Waals surface area contributed by atoms with Gasteiger partial charge >= 0.3 is 0 Å². The topological polar surface area (TPSA) is 25.8 Å². The van der Waals surface area contributed by atoms with Crippen LogP contribution in [0.5, 0.6) is 0 Å². The smallest absolute Gasteiger partial charge is 0.0720 e. The molecule has 0 unspecified atom stereocenters. The highest BCUT2D eigenvalue weighted by Crippen LogP contribution is 2.19. The van der Waals surface area contributed by atoms with Gasteiger partial charge in [-0.1, -0.05) is 6.07 Å². The Morgan fingerprint density at radius 1 is 0.875 bits per heavy atom. The summed E-state index contributed by atoms with van der Waals surface area (Å²) in [7, 11) is 0. The monoisotopic (exact) mass is 212 g/mol. The Hall–Kier alpha value is -1.70. The fourth-order valence-electron chi connectivity index (χ4n) is 1.57. The van der Waals surface area contributed by atoms with Crippen LogP contribution in [0.25, 0.3) is 11.3 Å². The standard InChI is InChI=1S/C14H16N2/c1-9-5-6-14(16-12(9)4)13-7-10(2)11(3)15-8-13/h5-8H,1-4H3. The van der Waals surface area contributed by atoms with Gasteiger partial charge in [-0.15, -0.1) is 0 Å². The number of nitrogens with zero attached hydrogens (tertiary/aromatic N) is 2. The molecule has 0 aliphatic rings. The highest BCUT2D eigenvalue weighted by atomic mass is 14.7. The summed E-state index contributed by atoms with van der Waals surface area (Å²) in [5.74, 6) is 0. The number of rotatable bonds is 1. The van der Waals surface area contributed by atoms with Crippen molar-refractivity contribution in [3.05, 3.63) is 46.9 Å². The molecular weight excluding hydrogens is 196 g/mol. The molecule has 82 valence electrons. The maximum atomic E-state index is 4.57. The van der Waals surface area contributed by atoms with Crippen LogP contribution in [0.1, 0.15) is 22.5 Å². The Balaban J connectivity index is 2.50. The van der Waals surface area contributed by atoms with Crippen LogP contribution in [0, 0.1) is 27.7 Å². The predicted octanol–water partition coefficient (Wildman–Crippen LogP) is 3.38. The first kappa shape index (κ1) is 10.8. The third kappa shape index (κ3) is 1.96. The maximum Gasteiger partial charge on any atom is 0.0720 e. The number of hydrogen-bond donors (Lipinski definition) is 0. The second kappa shape index (κ2) is 4.05. The molecule has 0 N–H and O–H groups in total. The minimum atomic E-state index is 0.999. The first-order valence-corrected chi connectivity index (χ1v) is 5.46. The van der Waals surface area contributed by atoms with Crippen LogP contribution in [0.15, 0.2) is 24.4 Å². The predicted molar refractivity (Wildman–Crippen MR) is 66.4 cm³/mol. The van der Waals surface area contributed by atoms with E-state index in [0.717, 1.165) is 22.6 Å². The zero-order valence-corrected chi connectivity index (χ0v) is 10.2. The van der Waals surface area contributed by atoms with E-state index < -0.39 is 0 Å². The Kier molecular flexibility index (Phi) is 2.73. The van der Waals surface area contributed by atoms with Crippen molar-refractivity contribution in [2.45, 2.75) is 27.7 Å². The van der Waals surface area contributed by atoms with E-state index in [2.05, 4.69) is 35.9 Å². The lowest BCUT2D eigenvalue weighted by Crippen LogP contribution is -1.93. The summed E-state index contributed by atoms with van der Waals surface area (Å²) in [6.45, 7) is 8.21. The van der Waals surface area contributed by atoms with Crippen molar-refractivity contribution in [3.8, 4) is 11.3 Å². The number of hydrogen-bond acceptors (Lipinski definition) is 2. The van der Waals surface area contributed by atoms with E-state index in [0.29, 0.717) is 0 Å². The van der Waals surface area contributed by atoms with Crippen LogP contribution in [-0.4, -0.2) is 9.97 Å². The molecule has 0 atom stereocenters. The molecule has 0 aliphatic heterocycles. The van der Waals surface area contributed by atoms with Crippen LogP contribution in [0.2, 0.25) is 0 Å². The van der Waals surface area contributed by atoms with E-state index in [4.69, 9.17) is 0 Å². The average molecular weight is 212 g/mol. The van der Waals surface area contributed by atoms with Gasteiger partial charge in [-0.05, 0) is 51.0 Å². The Labute approximate surface area is 96.4 Å². The molecule has 0 saturated carbocycles. The van der Waals surface area contributed by atoms with Crippen molar-refractivity contribution in [2.75, 3.05) is 0 Å². The van der Waals surface area contributed by atoms with E-state index in [1.54, 1.807) is 0 Å². The van der Waals surface area contributed by atoms with Crippen molar-refractivity contribution in [2.24, 2.45) is 0 Å². The normalized spacial score (nSPS) is 10.5. The second-order valence-corrected chi connectivity index (χ2v) is 4.23. The summed E-state index contributed by atoms with van der Waals surface area (Å²) in [5.41, 5.74) is 6.67. The summed E-state index contributed by atoms with van der Waals surface area (Å²) in [4.78, 5) is 8.94. The third-order valence-corrected chi connectivity index (χ3v) is 2.99. The Morgan fingerprint density at radius 2 is 1.62 bits per heavy atom. The molecule has 0 aliphatic carbocycles. The number of aryl methyl sites for hydroxylation is 4. The fourth-order valence-corrected chi connectivity index (χ4v) is 1.57. The minimum absolute atomic E-state index is 0.999. The summed E-state index contributed by atoms with van der Waals surface area (Å²) < 4.78 is 0. The highest BCUT2D eigenvalue weighted by molar-refractivity contribution is 5.59. The van der Waals surface area contributed by atoms with Crippen molar-refractivity contribution in [1.82, 2.24) is 9.97 Å². The van der Waals surface area contributed by atoms with Crippen molar-refractivity contribution in [3.63, 3.8) is 0 Å². The molecule has 2 rings (SSSR count). The van der Waals surface area contributed by atoms with Gasteiger partial charge < -0.3 is 0 Å². The molecule has 2 aromatic heterocycles. The van der Waals surface area contributed by atoms with Gasteiger partial charge in [-0.2, -0.15) is 0 Å². The molecule has 0 aromatic carbocycles. The van der Waals surface area contributed by atoms with Crippen LogP contribution in [0.3, 0.4) is 0 Å². The van der Waals surface area contributed by atoms with Crippen LogP contribution in [0.4, 0.5) is 0 Å². The van der Waals surface area contributed by atoms with Gasteiger partial charge in [0.15, 0.2) is 0 Å². The summed E-state index contributed by atoms with van der Waals surface area (Å²) >= 11 is 0. The third-order valence-electron chi connectivity index (χ3n) is 2.99. The average Bonchev–Trinajstić information content (AvgIpc) is 2.26. The van der Waals surface area contributed by atoms with Gasteiger partial charge in [0, 0.05) is 23.1 Å². The quantitative estimate of drug-likeness (QED) is 0.724. The zero-order valence-electron chi connectivity index (χ0n) is 10.2. The van der Waals surface area contributed by atoms with E-state index in [9.17, 15) is 0 Å². The van der Waals surface area contributed by atoms with Gasteiger partial charge in [-0.25, -0.2) is 0 Å². The van der Waals surface area contributed by atoms with Gasteiger partial charge in [0.1, 0.15) is 0 Å². The lowest BCUT2D eigenvalue weighted by atomic mass is 10.1. The zero-order chi connectivity index (χ0) is 11.7. The second-order valence-electron chi connectivity index (χ2n) is 4.23. The molecule has 0 spiro atoms. The van der Waals surface area contributed by atoms with E-state index in [1.165, 1.54) is 11.1 Å². The Bertz CT molecular complexity index is 481. The van der Waals surface area contributed by atoms with Crippen molar-refractivity contribution in [1.29, 1.82) is 0 Å². The van der Waals surface area contributed by atoms with E-state index in [1.807, 2.05) is 26.1 Å². The fraction of sp³-hybridized carbons (Fsp3) is 0.286. The van der Waals surface area contributed by atoms with Crippen LogP contribution in [-0.2, 0) is 0 Å². The maximum absolute atomic E-state index is 4.57. The van der Waals surface area contributed by atoms with Crippen LogP contribution >= 0.6 is 0 Å². The molecule has 2 heterocycles. The first-order valence-electron chi connectivity index (χ1n) is 5.46. The summed E-state index contributed by atoms with van der Waals surface area (Å²) in [6.07, 6.45) is 1.89. The SMILES string of the molecule is Cc1cc(-c2ccc(C)c(C)n2)cnc1C. The van der Waals surface area contributed by atoms with E-state index >= 15 is 0 Å². The largest absolute Gasteiger partial charge is 0.261 e. The molecule has 0 amide bonds. The molecule has 2 heteroatoms. The lowest BCUT2D eigenvalue weighted by molar-refractivity contribution is 1.12. The Morgan fingerprint density at radius 3 is 2.25 bits per heavy atom. The van der Waals surface area contributed by atoms with Crippen LogP contribution < -0.4 is 0 Å². The highest BCUT2D eigenvalue weighted by Gasteiger charge is 2.03. The molecule has 0 bridgehead atoms. The minimum Gasteiger partial charge on any atom is -0.261 e. The summed E-state index contributed by atoms with van der Waals surface area (Å²) in [6, 6.07) is 6.29. The van der Waals surface area contributed by atoms with Gasteiger partial charge in [0.2, 0.25) is 0 Å². The molecule has 0 fully saturated rings. The van der Waals surface area contributed by atoms with Gasteiger partial charge in [0.05, 0.1) is 5.69 Å². The number of aromatic nitrogens is 2. The van der Waals surface area contributed by atoms with Gasteiger partial charge in [-0.3, -0.25) is 9.97 Å². The molecule has 0 radical (unpaired) electrons. The van der Waals surface area contributed by atoms with Crippen molar-refractivity contribution < 1.29 is 0 Å².